The van der Waals surface area contributed by atoms with Gasteiger partial charge in [0.1, 0.15) is 11.6 Å². The van der Waals surface area contributed by atoms with Gasteiger partial charge >= 0.3 is 0 Å². The molecule has 2 N–H and O–H groups in total. The topological polar surface area (TPSA) is 93.1 Å². The number of hydrogen-bond acceptors (Lipinski definition) is 6. The molecule has 4 aliphatic carbocycles. The fraction of sp³-hybridized carbons (Fsp3) is 0.821. The Hall–Kier alpha value is -1.43. The van der Waals surface area contributed by atoms with Gasteiger partial charge in [-0.25, -0.2) is 0 Å². The smallest absolute Gasteiger partial charge is 0.192 e. The lowest BCUT2D eigenvalue weighted by Gasteiger charge is -2.39. The Morgan fingerprint density at radius 1 is 0.625 bits per heavy atom. The molecule has 0 saturated heterocycles. The molecule has 4 rings (SSSR count). The summed E-state index contributed by atoms with van der Waals surface area (Å²) >= 11 is 0. The number of hydrogen-bond donors (Lipinski definition) is 2. The van der Waals surface area contributed by atoms with Gasteiger partial charge in [0, 0.05) is 24.7 Å². The van der Waals surface area contributed by atoms with Crippen molar-refractivity contribution in [1.29, 1.82) is 0 Å². The second kappa shape index (κ2) is 26.4. The Labute approximate surface area is 396 Å². The van der Waals surface area contributed by atoms with Crippen molar-refractivity contribution in [2.75, 3.05) is 0 Å². The van der Waals surface area contributed by atoms with E-state index in [4.69, 9.17) is 8.85 Å². The monoisotopic (exact) mass is 925 g/mol. The van der Waals surface area contributed by atoms with Crippen molar-refractivity contribution in [3.05, 3.63) is 47.6 Å². The molecule has 10 atom stereocenters. The molecule has 6 nitrogen and oxygen atoms in total. The third kappa shape index (κ3) is 18.2. The van der Waals surface area contributed by atoms with Crippen LogP contribution in [0.2, 0.25) is 36.3 Å². The van der Waals surface area contributed by atoms with Crippen molar-refractivity contribution in [2.45, 2.75) is 258 Å². The summed E-state index contributed by atoms with van der Waals surface area (Å²) in [6.07, 6.45) is 35.3. The van der Waals surface area contributed by atoms with Gasteiger partial charge in [0.25, 0.3) is 0 Å². The summed E-state index contributed by atoms with van der Waals surface area (Å²) < 4.78 is 13.6. The highest BCUT2D eigenvalue weighted by molar-refractivity contribution is 6.74. The number of fused-ring (bicyclic) bond motifs is 2. The van der Waals surface area contributed by atoms with Crippen LogP contribution in [0.25, 0.3) is 0 Å². The number of unbranched alkanes of at least 4 members (excludes halogenated alkanes) is 6. The lowest BCUT2D eigenvalue weighted by Crippen LogP contribution is -2.43. The third-order valence-corrected chi connectivity index (χ3v) is 25.2. The standard InChI is InChI=1S/2C28H50O3Si/c2*1-8-9-10-15-24(31-32(6,7)28(3,4)5)16-17-25-26-19-22(14-12-11-13-21(2)29)18-23(26)20-27(25)30/h2*16-18,23-27,30H,8-15,19-20H2,1-7H3/b2*17-16+/t23-,24+,25+,26-,27+;23-,24-,25+,26-,27+/m10/s1. The number of rotatable bonds is 26. The molecular formula is C56H100O6Si2. The molecule has 64 heavy (non-hydrogen) atoms. The minimum absolute atomic E-state index is 0.161. The molecular weight excluding hydrogens is 825 g/mol. The van der Waals surface area contributed by atoms with Gasteiger partial charge in [-0.3, -0.25) is 0 Å². The summed E-state index contributed by atoms with van der Waals surface area (Å²) in [5, 5.41) is 22.0. The van der Waals surface area contributed by atoms with Crippen molar-refractivity contribution >= 4 is 28.2 Å². The first-order valence-electron chi connectivity index (χ1n) is 26.3. The van der Waals surface area contributed by atoms with Crippen molar-refractivity contribution in [1.82, 2.24) is 0 Å². The van der Waals surface area contributed by atoms with E-state index in [1.807, 2.05) is 0 Å². The Balaban J connectivity index is 0.000000340. The fourth-order valence-electron chi connectivity index (χ4n) is 10.2. The zero-order chi connectivity index (χ0) is 47.9. The van der Waals surface area contributed by atoms with E-state index in [-0.39, 0.29) is 46.3 Å². The maximum Gasteiger partial charge on any atom is 0.192 e. The van der Waals surface area contributed by atoms with E-state index in [1.165, 1.54) is 38.5 Å². The predicted molar refractivity (Wildman–Crippen MR) is 277 cm³/mol. The van der Waals surface area contributed by atoms with Crippen LogP contribution in [-0.4, -0.2) is 62.8 Å². The number of allylic oxidation sites excluding steroid dienone is 4. The van der Waals surface area contributed by atoms with Crippen molar-refractivity contribution in [3.63, 3.8) is 0 Å². The molecule has 4 aliphatic rings. The quantitative estimate of drug-likeness (QED) is 0.0510. The van der Waals surface area contributed by atoms with Crippen LogP contribution in [0.4, 0.5) is 0 Å². The van der Waals surface area contributed by atoms with Crippen LogP contribution in [0.15, 0.2) is 47.6 Å². The maximum atomic E-state index is 11.2. The number of aliphatic hydroxyl groups excluding tert-OH is 2. The first kappa shape index (κ1) is 56.9. The Kier molecular flexibility index (Phi) is 23.4. The summed E-state index contributed by atoms with van der Waals surface area (Å²) in [4.78, 5) is 22.3. The molecule has 8 heteroatoms. The van der Waals surface area contributed by atoms with Gasteiger partial charge in [0.05, 0.1) is 24.4 Å². The summed E-state index contributed by atoms with van der Waals surface area (Å²) in [5.41, 5.74) is 3.09. The number of carbonyl (C=O) groups excluding carboxylic acids is 2. The molecule has 0 heterocycles. The highest BCUT2D eigenvalue weighted by Crippen LogP contribution is 2.50. The van der Waals surface area contributed by atoms with Crippen LogP contribution >= 0.6 is 0 Å². The third-order valence-electron chi connectivity index (χ3n) is 16.2. The first-order chi connectivity index (χ1) is 29.9. The number of carbonyl (C=O) groups is 2. The molecule has 0 bridgehead atoms. The largest absolute Gasteiger partial charge is 0.411 e. The van der Waals surface area contributed by atoms with E-state index in [9.17, 15) is 19.8 Å². The van der Waals surface area contributed by atoms with Gasteiger partial charge in [-0.15, -0.1) is 0 Å². The minimum Gasteiger partial charge on any atom is -0.411 e. The van der Waals surface area contributed by atoms with Crippen molar-refractivity contribution in [3.8, 4) is 0 Å². The predicted octanol–water partition coefficient (Wildman–Crippen LogP) is 15.2. The minimum atomic E-state index is -1.83. The Morgan fingerprint density at radius 3 is 1.30 bits per heavy atom. The zero-order valence-corrected chi connectivity index (χ0v) is 45.9. The van der Waals surface area contributed by atoms with Crippen LogP contribution < -0.4 is 0 Å². The summed E-state index contributed by atoms with van der Waals surface area (Å²) in [6.45, 7) is 31.1. The molecule has 0 aromatic rings. The highest BCUT2D eigenvalue weighted by Gasteiger charge is 2.45. The molecule has 0 aliphatic heterocycles. The average Bonchev–Trinajstić information content (AvgIpc) is 3.91. The van der Waals surface area contributed by atoms with Crippen LogP contribution in [0.5, 0.6) is 0 Å². The van der Waals surface area contributed by atoms with E-state index in [0.717, 1.165) is 77.0 Å². The fourth-order valence-corrected chi connectivity index (χ4v) is 12.8. The molecule has 368 valence electrons. The zero-order valence-electron chi connectivity index (χ0n) is 43.9. The van der Waals surface area contributed by atoms with E-state index >= 15 is 0 Å². The number of aliphatic hydroxyl groups is 2. The Bertz CT molecular complexity index is 1430. The molecule has 2 fully saturated rings. The van der Waals surface area contributed by atoms with Gasteiger partial charge < -0.3 is 28.7 Å². The molecule has 0 amide bonds. The van der Waals surface area contributed by atoms with E-state index in [1.54, 1.807) is 25.0 Å². The lowest BCUT2D eigenvalue weighted by molar-refractivity contribution is -0.117. The van der Waals surface area contributed by atoms with Crippen LogP contribution in [0.1, 0.15) is 198 Å². The van der Waals surface area contributed by atoms with Crippen LogP contribution in [0.3, 0.4) is 0 Å². The van der Waals surface area contributed by atoms with Gasteiger partial charge in [0.2, 0.25) is 0 Å². The van der Waals surface area contributed by atoms with Crippen LogP contribution in [0, 0.1) is 35.5 Å². The molecule has 2 saturated carbocycles. The second-order valence-electron chi connectivity index (χ2n) is 23.9. The van der Waals surface area contributed by atoms with Gasteiger partial charge in [-0.2, -0.15) is 0 Å². The molecule has 0 radical (unpaired) electrons. The molecule has 0 unspecified atom stereocenters. The molecule has 0 aromatic carbocycles. The van der Waals surface area contributed by atoms with Gasteiger partial charge in [-0.1, -0.05) is 142 Å². The maximum absolute atomic E-state index is 11.2. The van der Waals surface area contributed by atoms with Crippen molar-refractivity contribution in [2.24, 2.45) is 35.5 Å². The van der Waals surface area contributed by atoms with E-state index in [0.29, 0.717) is 48.1 Å². The summed E-state index contributed by atoms with van der Waals surface area (Å²) in [6, 6.07) is 0. The lowest BCUT2D eigenvalue weighted by atomic mass is 9.88. The molecule has 0 aromatic heterocycles. The first-order valence-corrected chi connectivity index (χ1v) is 32.2. The Morgan fingerprint density at radius 2 is 0.984 bits per heavy atom. The number of Topliss-reactive ketones (excluding diaryl/α,β-unsaturated/α-hetero) is 2. The normalized spacial score (nSPS) is 27.1. The molecule has 0 spiro atoms. The van der Waals surface area contributed by atoms with E-state index in [2.05, 4.69) is 118 Å². The SMILES string of the molecule is CCCCC[C@@H](/C=C/[C@@H]1[C@H]2CC(CCCCC(C)=O)=C[C@H]2C[C@H]1O)O[Si](C)(C)C(C)(C)C.CCCCC[C@@H](/C=C/[C@H]1[C@@H]2CC(CCCCC(C)=O)=C[C@@H]2C[C@@H]1O)O[Si](C)(C)C(C)(C)C. The van der Waals surface area contributed by atoms with Crippen LogP contribution in [-0.2, 0) is 18.4 Å². The summed E-state index contributed by atoms with van der Waals surface area (Å²) in [5.74, 6) is 3.17. The average molecular weight is 926 g/mol. The number of ketones is 2. The van der Waals surface area contributed by atoms with Gasteiger partial charge in [0.15, 0.2) is 16.6 Å². The van der Waals surface area contributed by atoms with Gasteiger partial charge in [-0.05, 0) is 151 Å². The van der Waals surface area contributed by atoms with Crippen molar-refractivity contribution < 1.29 is 28.7 Å². The highest BCUT2D eigenvalue weighted by atomic mass is 28.4. The summed E-state index contributed by atoms with van der Waals surface area (Å²) in [7, 11) is -3.67. The second-order valence-corrected chi connectivity index (χ2v) is 33.4. The van der Waals surface area contributed by atoms with E-state index < -0.39 is 16.6 Å².